The largest absolute Gasteiger partial charge is 0.455 e. The molecule has 0 aliphatic rings. The average molecular weight is 443 g/mol. The Morgan fingerprint density at radius 2 is 1.34 bits per heavy atom. The first kappa shape index (κ1) is 17.7. The fourth-order valence-corrected chi connectivity index (χ4v) is 3.80. The second-order valence-electron chi connectivity index (χ2n) is 6.72. The van der Waals surface area contributed by atoms with Crippen LogP contribution in [0.5, 0.6) is 0 Å². The number of halogens is 1. The molecule has 0 spiro atoms. The van der Waals surface area contributed by atoms with E-state index in [1.165, 1.54) is 0 Å². The lowest BCUT2D eigenvalue weighted by Gasteiger charge is -2.02. The summed E-state index contributed by atoms with van der Waals surface area (Å²) in [5.41, 5.74) is 3.42. The second kappa shape index (κ2) is 7.22. The van der Waals surface area contributed by atoms with Gasteiger partial charge in [0.05, 0.1) is 0 Å². The number of furan rings is 1. The molecule has 5 rings (SSSR count). The van der Waals surface area contributed by atoms with Gasteiger partial charge in [-0.1, -0.05) is 76.6 Å². The summed E-state index contributed by atoms with van der Waals surface area (Å²) in [6.45, 7) is 0. The lowest BCUT2D eigenvalue weighted by Crippen LogP contribution is -2.01. The molecule has 0 fully saturated rings. The van der Waals surface area contributed by atoms with E-state index >= 15 is 0 Å². The minimum atomic E-state index is -0.423. The molecular weight excluding hydrogens is 428 g/mol. The van der Waals surface area contributed by atoms with Crippen molar-refractivity contribution < 1.29 is 8.83 Å². The highest BCUT2D eigenvalue weighted by Crippen LogP contribution is 2.38. The third-order valence-electron chi connectivity index (χ3n) is 4.81. The van der Waals surface area contributed by atoms with E-state index in [1.807, 2.05) is 84.9 Å². The summed E-state index contributed by atoms with van der Waals surface area (Å²) in [7, 11) is 0. The Kier molecular flexibility index (Phi) is 4.41. The zero-order chi connectivity index (χ0) is 19.8. The van der Waals surface area contributed by atoms with E-state index < -0.39 is 5.63 Å². The molecular formula is C25H15BrO3. The molecule has 29 heavy (non-hydrogen) atoms. The molecule has 140 valence electrons. The van der Waals surface area contributed by atoms with Crippen molar-refractivity contribution in [1.82, 2.24) is 0 Å². The van der Waals surface area contributed by atoms with Gasteiger partial charge in [-0.3, -0.25) is 0 Å². The van der Waals surface area contributed by atoms with Crippen LogP contribution in [0.2, 0.25) is 0 Å². The first-order valence-corrected chi connectivity index (χ1v) is 9.97. The Morgan fingerprint density at radius 3 is 2.07 bits per heavy atom. The van der Waals surface area contributed by atoms with Gasteiger partial charge < -0.3 is 8.83 Å². The van der Waals surface area contributed by atoms with Gasteiger partial charge in [0.1, 0.15) is 22.7 Å². The van der Waals surface area contributed by atoms with Gasteiger partial charge in [-0.15, -0.1) is 0 Å². The van der Waals surface area contributed by atoms with Crippen molar-refractivity contribution in [2.24, 2.45) is 0 Å². The van der Waals surface area contributed by atoms with Crippen molar-refractivity contribution in [1.29, 1.82) is 0 Å². The van der Waals surface area contributed by atoms with Crippen LogP contribution in [0.25, 0.3) is 44.7 Å². The highest BCUT2D eigenvalue weighted by molar-refractivity contribution is 9.10. The van der Waals surface area contributed by atoms with Crippen molar-refractivity contribution in [3.63, 3.8) is 0 Å². The van der Waals surface area contributed by atoms with Crippen LogP contribution in [0.15, 0.2) is 109 Å². The fraction of sp³-hybridized carbons (Fsp3) is 0. The molecule has 0 atom stereocenters. The molecule has 2 heterocycles. The van der Waals surface area contributed by atoms with Crippen molar-refractivity contribution >= 4 is 26.9 Å². The van der Waals surface area contributed by atoms with E-state index in [4.69, 9.17) is 8.83 Å². The van der Waals surface area contributed by atoms with E-state index in [0.29, 0.717) is 16.9 Å². The summed E-state index contributed by atoms with van der Waals surface area (Å²) in [6.07, 6.45) is 0. The van der Waals surface area contributed by atoms with Gasteiger partial charge in [-0.2, -0.15) is 0 Å². The first-order chi connectivity index (χ1) is 14.2. The van der Waals surface area contributed by atoms with Crippen molar-refractivity contribution in [3.8, 4) is 33.8 Å². The number of fused-ring (bicyclic) bond motifs is 1. The fourth-order valence-electron chi connectivity index (χ4n) is 3.43. The van der Waals surface area contributed by atoms with Gasteiger partial charge >= 0.3 is 5.63 Å². The van der Waals surface area contributed by atoms with Crippen LogP contribution in [-0.2, 0) is 0 Å². The van der Waals surface area contributed by atoms with E-state index in [-0.39, 0.29) is 0 Å². The van der Waals surface area contributed by atoms with Crippen LogP contribution < -0.4 is 5.63 Å². The summed E-state index contributed by atoms with van der Waals surface area (Å²) < 4.78 is 12.7. The van der Waals surface area contributed by atoms with Crippen LogP contribution >= 0.6 is 15.9 Å². The number of hydrogen-bond acceptors (Lipinski definition) is 3. The molecule has 0 amide bonds. The highest BCUT2D eigenvalue weighted by atomic mass is 79.9. The summed E-state index contributed by atoms with van der Waals surface area (Å²) in [4.78, 5) is 12.7. The molecule has 0 radical (unpaired) electrons. The minimum Gasteiger partial charge on any atom is -0.455 e. The van der Waals surface area contributed by atoms with Crippen LogP contribution in [0.3, 0.4) is 0 Å². The second-order valence-corrected chi connectivity index (χ2v) is 7.63. The molecule has 4 heteroatoms. The Labute approximate surface area is 175 Å². The van der Waals surface area contributed by atoms with Crippen LogP contribution in [0.1, 0.15) is 0 Å². The molecule has 0 aliphatic carbocycles. The third kappa shape index (κ3) is 3.32. The maximum Gasteiger partial charge on any atom is 0.347 e. The topological polar surface area (TPSA) is 43.4 Å². The maximum atomic E-state index is 12.7. The quantitative estimate of drug-likeness (QED) is 0.278. The third-order valence-corrected chi connectivity index (χ3v) is 5.31. The van der Waals surface area contributed by atoms with E-state index in [2.05, 4.69) is 15.9 Å². The van der Waals surface area contributed by atoms with Gasteiger partial charge in [0, 0.05) is 21.0 Å². The monoisotopic (exact) mass is 442 g/mol. The van der Waals surface area contributed by atoms with E-state index in [1.54, 1.807) is 6.07 Å². The van der Waals surface area contributed by atoms with Crippen LogP contribution in [-0.4, -0.2) is 0 Å². The molecule has 0 N–H and O–H groups in total. The van der Waals surface area contributed by atoms with Gasteiger partial charge in [-0.25, -0.2) is 4.79 Å². The Bertz CT molecular complexity index is 1310. The Balaban J connectivity index is 1.75. The molecule has 0 saturated heterocycles. The molecule has 2 aromatic heterocycles. The standard InChI is InChI=1S/C25H15BrO3/c26-19-11-12-22-18(13-19)14-21(25(27)29-22)23-15-20(16-7-3-1-4-8-16)24(28-23)17-9-5-2-6-10-17/h1-15H. The molecule has 5 aromatic rings. The molecule has 0 saturated carbocycles. The summed E-state index contributed by atoms with van der Waals surface area (Å²) in [6, 6.07) is 29.2. The molecule has 0 bridgehead atoms. The predicted octanol–water partition coefficient (Wildman–Crippen LogP) is 7.15. The Hall–Kier alpha value is -3.37. The van der Waals surface area contributed by atoms with Gasteiger partial charge in [0.25, 0.3) is 0 Å². The van der Waals surface area contributed by atoms with E-state index in [9.17, 15) is 4.79 Å². The molecule has 0 unspecified atom stereocenters. The number of hydrogen-bond donors (Lipinski definition) is 0. The van der Waals surface area contributed by atoms with Crippen LogP contribution in [0, 0.1) is 0 Å². The lowest BCUT2D eigenvalue weighted by molar-refractivity contribution is 0.551. The molecule has 3 nitrogen and oxygen atoms in total. The minimum absolute atomic E-state index is 0.398. The predicted molar refractivity (Wildman–Crippen MR) is 119 cm³/mol. The Morgan fingerprint density at radius 1 is 0.655 bits per heavy atom. The molecule has 0 aliphatic heterocycles. The zero-order valence-electron chi connectivity index (χ0n) is 15.3. The van der Waals surface area contributed by atoms with Crippen molar-refractivity contribution in [2.75, 3.05) is 0 Å². The van der Waals surface area contributed by atoms with Crippen molar-refractivity contribution in [3.05, 3.63) is 106 Å². The summed E-state index contributed by atoms with van der Waals surface area (Å²) in [5, 5.41) is 0.827. The van der Waals surface area contributed by atoms with Crippen molar-refractivity contribution in [2.45, 2.75) is 0 Å². The molecule has 3 aromatic carbocycles. The number of rotatable bonds is 3. The SMILES string of the molecule is O=c1oc2ccc(Br)cc2cc1-c1cc(-c2ccccc2)c(-c2ccccc2)o1. The summed E-state index contributed by atoms with van der Waals surface area (Å²) in [5.74, 6) is 1.21. The van der Waals surface area contributed by atoms with Gasteiger partial charge in [0.15, 0.2) is 0 Å². The summed E-state index contributed by atoms with van der Waals surface area (Å²) >= 11 is 3.47. The van der Waals surface area contributed by atoms with Gasteiger partial charge in [-0.05, 0) is 35.9 Å². The lowest BCUT2D eigenvalue weighted by atomic mass is 10.0. The normalized spacial score (nSPS) is 11.1. The number of benzene rings is 3. The highest BCUT2D eigenvalue weighted by Gasteiger charge is 2.19. The maximum absolute atomic E-state index is 12.7. The first-order valence-electron chi connectivity index (χ1n) is 9.17. The van der Waals surface area contributed by atoms with Gasteiger partial charge in [0.2, 0.25) is 0 Å². The average Bonchev–Trinajstić information content (AvgIpc) is 3.20. The zero-order valence-corrected chi connectivity index (χ0v) is 16.8. The van der Waals surface area contributed by atoms with E-state index in [0.717, 1.165) is 32.3 Å². The smallest absolute Gasteiger partial charge is 0.347 e. The van der Waals surface area contributed by atoms with Crippen LogP contribution in [0.4, 0.5) is 0 Å².